The van der Waals surface area contributed by atoms with Crippen molar-refractivity contribution in [1.82, 2.24) is 0 Å². The summed E-state index contributed by atoms with van der Waals surface area (Å²) in [7, 11) is 0. The van der Waals surface area contributed by atoms with Gasteiger partial charge in [-0.2, -0.15) is 10.5 Å². The summed E-state index contributed by atoms with van der Waals surface area (Å²) in [5, 5.41) is 23.3. The van der Waals surface area contributed by atoms with Crippen LogP contribution in [0, 0.1) is 29.6 Å². The molecule has 0 N–H and O–H groups in total. The lowest BCUT2D eigenvalue weighted by atomic mass is 9.91. The van der Waals surface area contributed by atoms with Gasteiger partial charge in [-0.15, -0.1) is 0 Å². The van der Waals surface area contributed by atoms with Crippen LogP contribution in [0.4, 0.5) is 17.1 Å². The summed E-state index contributed by atoms with van der Waals surface area (Å²) >= 11 is 0. The Bertz CT molecular complexity index is 1920. The molecular weight excluding hydrogens is 486 g/mol. The quantitative estimate of drug-likeness (QED) is 0.171. The Labute approximate surface area is 234 Å². The number of nitrogens with zero attached hydrogens (tertiary/aromatic N) is 3. The Morgan fingerprint density at radius 2 is 0.975 bits per heavy atom. The van der Waals surface area contributed by atoms with E-state index in [-0.39, 0.29) is 0 Å². The summed E-state index contributed by atoms with van der Waals surface area (Å²) in [6, 6.07) is 45.9. The summed E-state index contributed by atoms with van der Waals surface area (Å²) < 4.78 is 0. The second kappa shape index (κ2) is 10.6. The number of hydrogen-bond donors (Lipinski definition) is 0. The minimum atomic E-state index is 0.432. The van der Waals surface area contributed by atoms with Crippen molar-refractivity contribution in [2.75, 3.05) is 4.90 Å². The smallest absolute Gasteiger partial charge is 0.101 e. The molecular formula is C37H25N3. The minimum absolute atomic E-state index is 0.432. The molecule has 0 aromatic heterocycles. The summed E-state index contributed by atoms with van der Waals surface area (Å²) in [6.07, 6.45) is 4.19. The predicted octanol–water partition coefficient (Wildman–Crippen LogP) is 9.68. The van der Waals surface area contributed by atoms with Gasteiger partial charge in [-0.05, 0) is 71.3 Å². The number of anilines is 3. The molecule has 0 bridgehead atoms. The summed E-state index contributed by atoms with van der Waals surface area (Å²) in [4.78, 5) is 2.24. The second-order valence-corrected chi connectivity index (χ2v) is 9.76. The van der Waals surface area contributed by atoms with Crippen molar-refractivity contribution in [2.24, 2.45) is 0 Å². The highest BCUT2D eigenvalue weighted by Crippen LogP contribution is 2.35. The number of benzene rings is 6. The lowest BCUT2D eigenvalue weighted by molar-refractivity contribution is 1.28. The van der Waals surface area contributed by atoms with E-state index in [1.165, 1.54) is 0 Å². The normalized spacial score (nSPS) is 11.0. The van der Waals surface area contributed by atoms with Crippen molar-refractivity contribution in [2.45, 2.75) is 6.92 Å². The average molecular weight is 512 g/mol. The van der Waals surface area contributed by atoms with Gasteiger partial charge < -0.3 is 4.90 Å². The Balaban J connectivity index is 1.36. The third-order valence-corrected chi connectivity index (χ3v) is 7.17. The summed E-state index contributed by atoms with van der Waals surface area (Å²) in [6.45, 7) is 2.04. The van der Waals surface area contributed by atoms with Crippen molar-refractivity contribution in [3.8, 4) is 12.1 Å². The van der Waals surface area contributed by atoms with Gasteiger partial charge in [0.1, 0.15) is 12.1 Å². The minimum Gasteiger partial charge on any atom is -0.311 e. The van der Waals surface area contributed by atoms with Crippen LogP contribution in [-0.2, 0) is 0 Å². The molecule has 0 aliphatic heterocycles. The van der Waals surface area contributed by atoms with Gasteiger partial charge in [0, 0.05) is 27.8 Å². The lowest BCUT2D eigenvalue weighted by Gasteiger charge is -2.25. The second-order valence-electron chi connectivity index (χ2n) is 9.76. The Hall–Kier alpha value is -5.64. The molecule has 0 atom stereocenters. The lowest BCUT2D eigenvalue weighted by Crippen LogP contribution is -2.09. The molecule has 6 aromatic carbocycles. The van der Waals surface area contributed by atoms with E-state index >= 15 is 0 Å². The Kier molecular flexibility index (Phi) is 6.55. The summed E-state index contributed by atoms with van der Waals surface area (Å²) in [5.41, 5.74) is 7.39. The third kappa shape index (κ3) is 4.58. The van der Waals surface area contributed by atoms with Crippen LogP contribution < -0.4 is 4.90 Å². The fourth-order valence-electron chi connectivity index (χ4n) is 5.24. The average Bonchev–Trinajstić information content (AvgIpc) is 3.01. The summed E-state index contributed by atoms with van der Waals surface area (Å²) in [5.74, 6) is 0. The zero-order valence-corrected chi connectivity index (χ0v) is 22.0. The molecule has 0 aliphatic rings. The van der Waals surface area contributed by atoms with Crippen molar-refractivity contribution in [3.05, 3.63) is 149 Å². The number of fused-ring (bicyclic) bond motifs is 3. The highest BCUT2D eigenvalue weighted by atomic mass is 15.1. The highest BCUT2D eigenvalue weighted by Gasteiger charge is 2.15. The van der Waals surface area contributed by atoms with Gasteiger partial charge >= 0.3 is 0 Å². The van der Waals surface area contributed by atoms with Gasteiger partial charge in [0.15, 0.2) is 0 Å². The zero-order valence-electron chi connectivity index (χ0n) is 22.0. The van der Waals surface area contributed by atoms with Gasteiger partial charge in [-0.1, -0.05) is 96.6 Å². The largest absolute Gasteiger partial charge is 0.311 e. The molecule has 0 saturated carbocycles. The van der Waals surface area contributed by atoms with Crippen LogP contribution in [0.3, 0.4) is 0 Å². The van der Waals surface area contributed by atoms with Crippen LogP contribution in [0.1, 0.15) is 27.8 Å². The molecule has 188 valence electrons. The fraction of sp³-hybridized carbons (Fsp3) is 0.0270. The van der Waals surface area contributed by atoms with Crippen LogP contribution in [0.25, 0.3) is 33.7 Å². The Morgan fingerprint density at radius 3 is 1.55 bits per heavy atom. The molecule has 0 amide bonds. The molecule has 6 aromatic rings. The first-order valence-electron chi connectivity index (χ1n) is 13.1. The van der Waals surface area contributed by atoms with Crippen LogP contribution in [-0.4, -0.2) is 0 Å². The van der Waals surface area contributed by atoms with Crippen molar-refractivity contribution in [3.63, 3.8) is 0 Å². The molecule has 0 spiro atoms. The van der Waals surface area contributed by atoms with E-state index in [1.807, 2.05) is 43.3 Å². The van der Waals surface area contributed by atoms with Crippen LogP contribution in [0.5, 0.6) is 0 Å². The number of hydrogen-bond acceptors (Lipinski definition) is 3. The fourth-order valence-corrected chi connectivity index (χ4v) is 5.24. The topological polar surface area (TPSA) is 50.8 Å². The molecule has 6 rings (SSSR count). The monoisotopic (exact) mass is 511 g/mol. The first-order chi connectivity index (χ1) is 19.7. The van der Waals surface area contributed by atoms with E-state index in [4.69, 9.17) is 0 Å². The van der Waals surface area contributed by atoms with E-state index in [1.54, 1.807) is 0 Å². The first-order valence-corrected chi connectivity index (χ1v) is 13.1. The Morgan fingerprint density at radius 1 is 0.500 bits per heavy atom. The van der Waals surface area contributed by atoms with Gasteiger partial charge in [-0.25, -0.2) is 0 Å². The van der Waals surface area contributed by atoms with E-state index in [9.17, 15) is 10.5 Å². The number of para-hydroxylation sites is 2. The van der Waals surface area contributed by atoms with Gasteiger partial charge in [0.25, 0.3) is 0 Å². The molecule has 3 heteroatoms. The van der Waals surface area contributed by atoms with Crippen molar-refractivity contribution >= 4 is 50.8 Å². The van der Waals surface area contributed by atoms with Crippen LogP contribution in [0.2, 0.25) is 0 Å². The maximum atomic E-state index is 9.87. The van der Waals surface area contributed by atoms with Gasteiger partial charge in [0.2, 0.25) is 0 Å². The molecule has 0 unspecified atom stereocenters. The van der Waals surface area contributed by atoms with Gasteiger partial charge in [-0.3, -0.25) is 0 Å². The van der Waals surface area contributed by atoms with E-state index < -0.39 is 0 Å². The van der Waals surface area contributed by atoms with Crippen molar-refractivity contribution < 1.29 is 0 Å². The maximum Gasteiger partial charge on any atom is 0.101 e. The molecule has 0 aliphatic carbocycles. The number of aryl methyl sites for hydroxylation is 1. The first kappa shape index (κ1) is 24.7. The van der Waals surface area contributed by atoms with Gasteiger partial charge in [0.05, 0.1) is 11.1 Å². The van der Waals surface area contributed by atoms with E-state index in [0.717, 1.165) is 55.3 Å². The standard InChI is InChI=1S/C37H25N3/c1-26-12-20-32-34(22-26)35-23-28(17-21-33(35)37(25-39)36(32)24-38)14-13-27-15-18-31(19-16-27)40(29-8-4-2-5-9-29)30-10-6-3-7-11-30/h2-23H,1H3/b14-13+. The van der Waals surface area contributed by atoms with Crippen LogP contribution in [0.15, 0.2) is 121 Å². The molecule has 3 nitrogen and oxygen atoms in total. The van der Waals surface area contributed by atoms with Crippen molar-refractivity contribution in [1.29, 1.82) is 10.5 Å². The third-order valence-electron chi connectivity index (χ3n) is 7.17. The zero-order chi connectivity index (χ0) is 27.5. The molecule has 40 heavy (non-hydrogen) atoms. The predicted molar refractivity (Wildman–Crippen MR) is 166 cm³/mol. The number of rotatable bonds is 5. The molecule has 0 fully saturated rings. The molecule has 0 radical (unpaired) electrons. The van der Waals surface area contributed by atoms with E-state index in [0.29, 0.717) is 11.1 Å². The van der Waals surface area contributed by atoms with Crippen LogP contribution >= 0.6 is 0 Å². The number of nitriles is 2. The SMILES string of the molecule is Cc1ccc2c(C#N)c(C#N)c3ccc(/C=C/c4ccc(N(c5ccccc5)c5ccccc5)cc4)cc3c2c1. The van der Waals surface area contributed by atoms with E-state index in [2.05, 4.69) is 114 Å². The molecule has 0 heterocycles. The highest BCUT2D eigenvalue weighted by molar-refractivity contribution is 6.13. The maximum absolute atomic E-state index is 9.87. The molecule has 0 saturated heterocycles.